The number of carbonyl (C=O) groups is 1. The highest BCUT2D eigenvalue weighted by molar-refractivity contribution is 6.04. The van der Waals surface area contributed by atoms with E-state index in [0.717, 1.165) is 31.9 Å². The summed E-state index contributed by atoms with van der Waals surface area (Å²) in [6.07, 6.45) is 5.41. The number of halogens is 1. The summed E-state index contributed by atoms with van der Waals surface area (Å²) in [7, 11) is 0. The first-order valence-corrected chi connectivity index (χ1v) is 7.99. The van der Waals surface area contributed by atoms with Crippen LogP contribution in [0.25, 0.3) is 0 Å². The number of amides is 1. The van der Waals surface area contributed by atoms with Crippen LogP contribution in [0.2, 0.25) is 0 Å². The third kappa shape index (κ3) is 3.89. The molecule has 1 fully saturated rings. The Morgan fingerprint density at radius 2 is 1.96 bits per heavy atom. The first-order chi connectivity index (χ1) is 11.6. The molecule has 0 spiro atoms. The second-order valence-electron chi connectivity index (χ2n) is 5.84. The van der Waals surface area contributed by atoms with Crippen molar-refractivity contribution < 1.29 is 19.0 Å². The van der Waals surface area contributed by atoms with Crippen molar-refractivity contribution in [3.63, 3.8) is 0 Å². The molecule has 6 heteroatoms. The van der Waals surface area contributed by atoms with Gasteiger partial charge in [0.25, 0.3) is 5.91 Å². The Hall–Kier alpha value is -2.47. The van der Waals surface area contributed by atoms with E-state index in [1.165, 1.54) is 12.3 Å². The van der Waals surface area contributed by atoms with Crippen molar-refractivity contribution in [3.05, 3.63) is 54.1 Å². The molecular formula is C18H19FN2O3. The number of aliphatic hydroxyl groups is 1. The Bertz CT molecular complexity index is 706. The van der Waals surface area contributed by atoms with Crippen LogP contribution >= 0.6 is 0 Å². The first-order valence-electron chi connectivity index (χ1n) is 7.99. The van der Waals surface area contributed by atoms with Crippen LogP contribution in [0.3, 0.4) is 0 Å². The average molecular weight is 330 g/mol. The molecule has 0 bridgehead atoms. The fourth-order valence-electron chi connectivity index (χ4n) is 2.76. The van der Waals surface area contributed by atoms with Gasteiger partial charge in [0.2, 0.25) is 0 Å². The molecule has 3 rings (SSSR count). The number of ether oxygens (including phenoxy) is 1. The zero-order chi connectivity index (χ0) is 16.9. The van der Waals surface area contributed by atoms with Gasteiger partial charge in [0, 0.05) is 11.9 Å². The summed E-state index contributed by atoms with van der Waals surface area (Å²) in [5, 5.41) is 12.6. The van der Waals surface area contributed by atoms with Gasteiger partial charge in [-0.3, -0.25) is 9.78 Å². The predicted molar refractivity (Wildman–Crippen MR) is 87.5 cm³/mol. The van der Waals surface area contributed by atoms with Crippen LogP contribution in [0.15, 0.2) is 42.7 Å². The van der Waals surface area contributed by atoms with E-state index in [1.807, 2.05) is 0 Å². The lowest BCUT2D eigenvalue weighted by molar-refractivity contribution is 0.00688. The second kappa shape index (κ2) is 7.40. The number of aliphatic hydroxyl groups excluding tert-OH is 1. The smallest absolute Gasteiger partial charge is 0.258 e. The Morgan fingerprint density at radius 1 is 1.21 bits per heavy atom. The second-order valence-corrected chi connectivity index (χ2v) is 5.84. The largest absolute Gasteiger partial charge is 0.488 e. The summed E-state index contributed by atoms with van der Waals surface area (Å²) < 4.78 is 19.3. The lowest BCUT2D eigenvalue weighted by atomic mass is 9.95. The van der Waals surface area contributed by atoms with Gasteiger partial charge in [-0.25, -0.2) is 4.39 Å². The van der Waals surface area contributed by atoms with Crippen LogP contribution in [0.4, 0.5) is 10.1 Å². The van der Waals surface area contributed by atoms with E-state index in [2.05, 4.69) is 10.3 Å². The van der Waals surface area contributed by atoms with Gasteiger partial charge in [-0.05, 0) is 49.6 Å². The molecule has 1 aromatic carbocycles. The molecule has 0 radical (unpaired) electrons. The molecule has 0 aliphatic heterocycles. The Morgan fingerprint density at radius 3 is 2.67 bits per heavy atom. The van der Waals surface area contributed by atoms with Crippen LogP contribution in [0, 0.1) is 5.82 Å². The normalized spacial score (nSPS) is 20.4. The molecule has 0 saturated heterocycles. The molecule has 1 heterocycles. The van der Waals surface area contributed by atoms with E-state index in [1.54, 1.807) is 24.3 Å². The van der Waals surface area contributed by atoms with Gasteiger partial charge >= 0.3 is 0 Å². The number of nitrogens with one attached hydrogen (secondary N) is 1. The van der Waals surface area contributed by atoms with Crippen molar-refractivity contribution in [1.29, 1.82) is 0 Å². The lowest BCUT2D eigenvalue weighted by Gasteiger charge is -2.28. The van der Waals surface area contributed by atoms with Gasteiger partial charge < -0.3 is 15.2 Å². The summed E-state index contributed by atoms with van der Waals surface area (Å²) in [6.45, 7) is 0. The van der Waals surface area contributed by atoms with Crippen molar-refractivity contribution in [1.82, 2.24) is 4.98 Å². The number of anilines is 1. The van der Waals surface area contributed by atoms with Gasteiger partial charge in [-0.2, -0.15) is 0 Å². The van der Waals surface area contributed by atoms with Gasteiger partial charge in [-0.1, -0.05) is 6.42 Å². The minimum atomic E-state index is -0.666. The zero-order valence-electron chi connectivity index (χ0n) is 13.1. The fourth-order valence-corrected chi connectivity index (χ4v) is 2.76. The van der Waals surface area contributed by atoms with E-state index in [9.17, 15) is 14.3 Å². The third-order valence-corrected chi connectivity index (χ3v) is 4.08. The SMILES string of the molecule is O=C(Nc1ccc(OC2CCCCC2O)cc1)c1ccncc1F. The molecule has 24 heavy (non-hydrogen) atoms. The molecule has 5 nitrogen and oxygen atoms in total. The number of rotatable bonds is 4. The van der Waals surface area contributed by atoms with Gasteiger partial charge in [-0.15, -0.1) is 0 Å². The molecule has 1 aromatic heterocycles. The maximum atomic E-state index is 13.5. The van der Waals surface area contributed by atoms with Crippen LogP contribution in [-0.2, 0) is 0 Å². The molecule has 2 N–H and O–H groups in total. The highest BCUT2D eigenvalue weighted by Crippen LogP contribution is 2.25. The minimum Gasteiger partial charge on any atom is -0.488 e. The molecule has 1 aliphatic rings. The van der Waals surface area contributed by atoms with E-state index >= 15 is 0 Å². The van der Waals surface area contributed by atoms with Crippen molar-refractivity contribution in [2.24, 2.45) is 0 Å². The van der Waals surface area contributed by atoms with Crippen molar-refractivity contribution in [3.8, 4) is 5.75 Å². The number of hydrogen-bond acceptors (Lipinski definition) is 4. The Balaban J connectivity index is 1.62. The van der Waals surface area contributed by atoms with E-state index in [0.29, 0.717) is 11.4 Å². The summed E-state index contributed by atoms with van der Waals surface area (Å²) in [6, 6.07) is 8.13. The number of carbonyl (C=O) groups excluding carboxylic acids is 1. The number of hydrogen-bond donors (Lipinski definition) is 2. The van der Waals surface area contributed by atoms with Crippen LogP contribution < -0.4 is 10.1 Å². The van der Waals surface area contributed by atoms with Crippen LogP contribution in [-0.4, -0.2) is 28.2 Å². The molecule has 1 aliphatic carbocycles. The number of benzene rings is 1. The third-order valence-electron chi connectivity index (χ3n) is 4.08. The quantitative estimate of drug-likeness (QED) is 0.903. The highest BCUT2D eigenvalue weighted by atomic mass is 19.1. The topological polar surface area (TPSA) is 71.5 Å². The fraction of sp³-hybridized carbons (Fsp3) is 0.333. The van der Waals surface area contributed by atoms with Crippen LogP contribution in [0.5, 0.6) is 5.75 Å². The van der Waals surface area contributed by atoms with Crippen molar-refractivity contribution in [2.75, 3.05) is 5.32 Å². The highest BCUT2D eigenvalue weighted by Gasteiger charge is 2.24. The number of nitrogens with zero attached hydrogens (tertiary/aromatic N) is 1. The van der Waals surface area contributed by atoms with E-state index in [4.69, 9.17) is 4.74 Å². The molecular weight excluding hydrogens is 311 g/mol. The lowest BCUT2D eigenvalue weighted by Crippen LogP contribution is -2.34. The van der Waals surface area contributed by atoms with Crippen molar-refractivity contribution >= 4 is 11.6 Å². The Kier molecular flexibility index (Phi) is 5.05. The van der Waals surface area contributed by atoms with Crippen LogP contribution in [0.1, 0.15) is 36.0 Å². The van der Waals surface area contributed by atoms with Gasteiger partial charge in [0.05, 0.1) is 17.9 Å². The van der Waals surface area contributed by atoms with Gasteiger partial charge in [0.1, 0.15) is 11.9 Å². The summed E-state index contributed by atoms with van der Waals surface area (Å²) in [5.74, 6) is -0.568. The van der Waals surface area contributed by atoms with Crippen molar-refractivity contribution in [2.45, 2.75) is 37.9 Å². The zero-order valence-corrected chi connectivity index (χ0v) is 13.1. The molecule has 2 atom stereocenters. The molecule has 2 unspecified atom stereocenters. The maximum Gasteiger partial charge on any atom is 0.258 e. The molecule has 126 valence electrons. The average Bonchev–Trinajstić information content (AvgIpc) is 2.59. The minimum absolute atomic E-state index is 0.0596. The van der Waals surface area contributed by atoms with E-state index in [-0.39, 0.29) is 11.7 Å². The standard InChI is InChI=1S/C18H19FN2O3/c19-15-11-20-10-9-14(15)18(23)21-12-5-7-13(8-6-12)24-17-4-2-1-3-16(17)22/h5-11,16-17,22H,1-4H2,(H,21,23). The Labute approximate surface area is 139 Å². The molecule has 1 amide bonds. The monoisotopic (exact) mass is 330 g/mol. The summed E-state index contributed by atoms with van der Waals surface area (Å²) in [5.41, 5.74) is 0.475. The first kappa shape index (κ1) is 16.4. The maximum absolute atomic E-state index is 13.5. The summed E-state index contributed by atoms with van der Waals surface area (Å²) >= 11 is 0. The molecule has 1 saturated carbocycles. The summed E-state index contributed by atoms with van der Waals surface area (Å²) in [4.78, 5) is 15.7. The van der Waals surface area contributed by atoms with E-state index < -0.39 is 17.8 Å². The van der Waals surface area contributed by atoms with Gasteiger partial charge in [0.15, 0.2) is 5.82 Å². The molecule has 2 aromatic rings. The predicted octanol–water partition coefficient (Wildman–Crippen LogP) is 3.16. The number of aromatic nitrogens is 1. The number of pyridine rings is 1.